The van der Waals surface area contributed by atoms with Gasteiger partial charge >= 0.3 is 6.18 Å². The first-order valence-electron chi connectivity index (χ1n) is 4.23. The lowest BCUT2D eigenvalue weighted by atomic mass is 10.2. The van der Waals surface area contributed by atoms with Gasteiger partial charge in [0.15, 0.2) is 0 Å². The van der Waals surface area contributed by atoms with Crippen LogP contribution in [0.3, 0.4) is 0 Å². The molecule has 0 aliphatic rings. The second kappa shape index (κ2) is 5.91. The van der Waals surface area contributed by atoms with Gasteiger partial charge in [0.1, 0.15) is 4.84 Å². The van der Waals surface area contributed by atoms with Gasteiger partial charge in [0.25, 0.3) is 9.76 Å². The summed E-state index contributed by atoms with van der Waals surface area (Å²) < 4.78 is 41.7. The topological polar surface area (TPSA) is 9.23 Å². The van der Waals surface area contributed by atoms with Gasteiger partial charge in [-0.2, -0.15) is 13.2 Å². The van der Waals surface area contributed by atoms with Crippen LogP contribution in [0.25, 0.3) is 0 Å². The Bertz CT molecular complexity index is 327. The highest BCUT2D eigenvalue weighted by atomic mass is 35.5. The number of rotatable bonds is 4. The molecule has 0 saturated carbocycles. The largest absolute Gasteiger partial charge is 0.416 e. The van der Waals surface area contributed by atoms with E-state index in [9.17, 15) is 13.2 Å². The van der Waals surface area contributed by atoms with Crippen molar-refractivity contribution in [2.45, 2.75) is 11.0 Å². The van der Waals surface area contributed by atoms with E-state index in [1.54, 1.807) is 0 Å². The van der Waals surface area contributed by atoms with Gasteiger partial charge in [-0.05, 0) is 5.19 Å². The summed E-state index contributed by atoms with van der Waals surface area (Å²) >= 11 is 10.9. The summed E-state index contributed by atoms with van der Waals surface area (Å²) in [6.07, 6.45) is -4.31. The van der Waals surface area contributed by atoms with E-state index in [4.69, 9.17) is 27.6 Å². The fourth-order valence-corrected chi connectivity index (χ4v) is 1.97. The standard InChI is InChI=1S/C9H7Cl2F3OSi/c10-8(11)5-15-16-7-3-1-6(2-4-7)9(12,13)14/h1-4,8H,5H2. The molecule has 0 bridgehead atoms. The molecule has 88 valence electrons. The molecule has 0 amide bonds. The van der Waals surface area contributed by atoms with Gasteiger partial charge in [-0.1, -0.05) is 24.3 Å². The Hall–Kier alpha value is -0.233. The zero-order valence-corrected chi connectivity index (χ0v) is 10.4. The lowest BCUT2D eigenvalue weighted by Crippen LogP contribution is -2.20. The van der Waals surface area contributed by atoms with Crippen LogP contribution < -0.4 is 5.19 Å². The number of hydrogen-bond acceptors (Lipinski definition) is 1. The van der Waals surface area contributed by atoms with Gasteiger partial charge in [-0.25, -0.2) is 0 Å². The van der Waals surface area contributed by atoms with E-state index in [-0.39, 0.29) is 16.4 Å². The lowest BCUT2D eigenvalue weighted by molar-refractivity contribution is -0.137. The van der Waals surface area contributed by atoms with Crippen molar-refractivity contribution in [1.82, 2.24) is 0 Å². The molecule has 16 heavy (non-hydrogen) atoms. The van der Waals surface area contributed by atoms with E-state index in [1.807, 2.05) is 0 Å². The summed E-state index contributed by atoms with van der Waals surface area (Å²) in [7, 11) is -0.0592. The SMILES string of the molecule is FC(F)(F)c1ccc([Si]OCC(Cl)Cl)cc1. The Morgan fingerprint density at radius 1 is 1.19 bits per heavy atom. The zero-order chi connectivity index (χ0) is 12.2. The third-order valence-corrected chi connectivity index (χ3v) is 2.74. The fraction of sp³-hybridized carbons (Fsp3) is 0.333. The molecule has 1 rings (SSSR count). The van der Waals surface area contributed by atoms with Crippen LogP contribution in [0.4, 0.5) is 13.2 Å². The minimum atomic E-state index is -4.31. The Morgan fingerprint density at radius 3 is 2.19 bits per heavy atom. The van der Waals surface area contributed by atoms with E-state index in [1.165, 1.54) is 12.1 Å². The van der Waals surface area contributed by atoms with Gasteiger partial charge in [-0.15, -0.1) is 23.2 Å². The quantitative estimate of drug-likeness (QED) is 0.611. The van der Waals surface area contributed by atoms with Crippen molar-refractivity contribution < 1.29 is 17.6 Å². The maximum Gasteiger partial charge on any atom is 0.416 e. The molecule has 0 atom stereocenters. The Balaban J connectivity index is 2.52. The molecule has 1 aromatic carbocycles. The van der Waals surface area contributed by atoms with Crippen LogP contribution in [0, 0.1) is 0 Å². The second-order valence-corrected chi connectivity index (χ2v) is 5.23. The van der Waals surface area contributed by atoms with Crippen molar-refractivity contribution in [3.63, 3.8) is 0 Å². The molecule has 2 radical (unpaired) electrons. The molecule has 1 aromatic rings. The normalized spacial score (nSPS) is 12.1. The summed E-state index contributed by atoms with van der Waals surface area (Å²) in [6, 6.07) is 4.78. The Kier molecular flexibility index (Phi) is 5.11. The Morgan fingerprint density at radius 2 is 1.75 bits per heavy atom. The van der Waals surface area contributed by atoms with Crippen molar-refractivity contribution in [2.75, 3.05) is 6.61 Å². The number of alkyl halides is 5. The maximum atomic E-state index is 12.2. The first-order chi connectivity index (χ1) is 7.39. The lowest BCUT2D eigenvalue weighted by Gasteiger charge is -2.07. The minimum Gasteiger partial charge on any atom is -0.409 e. The summed E-state index contributed by atoms with van der Waals surface area (Å²) in [5, 5.41) is 0.669. The van der Waals surface area contributed by atoms with Crippen LogP contribution in [0.1, 0.15) is 5.56 Å². The van der Waals surface area contributed by atoms with Gasteiger partial charge < -0.3 is 4.43 Å². The van der Waals surface area contributed by atoms with E-state index < -0.39 is 16.6 Å². The first kappa shape index (κ1) is 13.8. The average Bonchev–Trinajstić information content (AvgIpc) is 2.16. The van der Waals surface area contributed by atoms with Crippen LogP contribution in [0.2, 0.25) is 0 Å². The van der Waals surface area contributed by atoms with Gasteiger partial charge in [-0.3, -0.25) is 0 Å². The predicted molar refractivity (Wildman–Crippen MR) is 58.3 cm³/mol. The summed E-state index contributed by atoms with van der Waals surface area (Å²) in [4.78, 5) is -0.623. The van der Waals surface area contributed by atoms with E-state index in [2.05, 4.69) is 0 Å². The molecule has 0 fully saturated rings. The summed E-state index contributed by atoms with van der Waals surface area (Å²) in [5.74, 6) is 0. The number of halogens is 5. The van der Waals surface area contributed by atoms with Crippen LogP contribution in [0.5, 0.6) is 0 Å². The molecular formula is C9H7Cl2F3OSi. The highest BCUT2D eigenvalue weighted by molar-refractivity contribution is 6.47. The predicted octanol–water partition coefficient (Wildman–Crippen LogP) is 2.77. The third-order valence-electron chi connectivity index (χ3n) is 1.61. The van der Waals surface area contributed by atoms with Gasteiger partial charge in [0.05, 0.1) is 12.2 Å². The minimum absolute atomic E-state index is 0.0592. The highest BCUT2D eigenvalue weighted by Crippen LogP contribution is 2.28. The fourth-order valence-electron chi connectivity index (χ4n) is 0.915. The van der Waals surface area contributed by atoms with Crippen molar-refractivity contribution in [2.24, 2.45) is 0 Å². The van der Waals surface area contributed by atoms with Gasteiger partial charge in [0.2, 0.25) is 0 Å². The van der Waals surface area contributed by atoms with Crippen LogP contribution in [-0.4, -0.2) is 21.2 Å². The first-order valence-corrected chi connectivity index (χ1v) is 6.01. The van der Waals surface area contributed by atoms with Crippen molar-refractivity contribution in [3.8, 4) is 0 Å². The molecule has 0 unspecified atom stereocenters. The number of hydrogen-bond donors (Lipinski definition) is 0. The molecule has 0 N–H and O–H groups in total. The second-order valence-electron chi connectivity index (χ2n) is 2.88. The van der Waals surface area contributed by atoms with E-state index in [0.29, 0.717) is 5.19 Å². The molecule has 0 heterocycles. The highest BCUT2D eigenvalue weighted by Gasteiger charge is 2.29. The van der Waals surface area contributed by atoms with E-state index >= 15 is 0 Å². The third kappa shape index (κ3) is 4.74. The average molecular weight is 287 g/mol. The molecule has 0 spiro atoms. The van der Waals surface area contributed by atoms with Crippen LogP contribution in [-0.2, 0) is 10.6 Å². The molecule has 0 aliphatic carbocycles. The molecule has 0 saturated heterocycles. The molecule has 0 aromatic heterocycles. The van der Waals surface area contributed by atoms with Crippen molar-refractivity contribution in [3.05, 3.63) is 29.8 Å². The Labute approximate surface area is 103 Å². The molecule has 1 nitrogen and oxygen atoms in total. The van der Waals surface area contributed by atoms with Crippen LogP contribution in [0.15, 0.2) is 24.3 Å². The zero-order valence-electron chi connectivity index (χ0n) is 7.89. The smallest absolute Gasteiger partial charge is 0.409 e. The van der Waals surface area contributed by atoms with E-state index in [0.717, 1.165) is 12.1 Å². The molecule has 7 heteroatoms. The van der Waals surface area contributed by atoms with Crippen molar-refractivity contribution in [1.29, 1.82) is 0 Å². The molecule has 0 aliphatic heterocycles. The van der Waals surface area contributed by atoms with Crippen molar-refractivity contribution >= 4 is 38.2 Å². The summed E-state index contributed by atoms with van der Waals surface area (Å²) in [6.45, 7) is 0.155. The van der Waals surface area contributed by atoms with Gasteiger partial charge in [0, 0.05) is 0 Å². The number of benzene rings is 1. The maximum absolute atomic E-state index is 12.2. The van der Waals surface area contributed by atoms with Crippen LogP contribution >= 0.6 is 23.2 Å². The monoisotopic (exact) mass is 286 g/mol. The molecular weight excluding hydrogens is 280 g/mol. The summed E-state index contributed by atoms with van der Waals surface area (Å²) in [5.41, 5.74) is -0.673.